The molecular formula is C14H14FNOS. The normalized spacial score (nSPS) is 18.7. The second-order valence-corrected chi connectivity index (χ2v) is 5.76. The molecule has 0 fully saturated rings. The van der Waals surface area contributed by atoms with E-state index in [2.05, 4.69) is 4.98 Å². The van der Waals surface area contributed by atoms with Crippen LogP contribution in [0, 0.1) is 5.82 Å². The summed E-state index contributed by atoms with van der Waals surface area (Å²) in [6.07, 6.45) is 2.86. The molecule has 1 atom stereocenters. The van der Waals surface area contributed by atoms with Gasteiger partial charge in [-0.1, -0.05) is 18.2 Å². The Morgan fingerprint density at radius 3 is 3.00 bits per heavy atom. The molecule has 0 aliphatic heterocycles. The number of aryl methyl sites for hydroxylation is 1. The number of rotatable bonds is 2. The van der Waals surface area contributed by atoms with Crippen molar-refractivity contribution in [3.8, 4) is 0 Å². The van der Waals surface area contributed by atoms with Gasteiger partial charge in [-0.25, -0.2) is 9.37 Å². The van der Waals surface area contributed by atoms with Crippen LogP contribution in [0.15, 0.2) is 24.3 Å². The number of nitrogens with zero attached hydrogens (tertiary/aromatic N) is 1. The molecular weight excluding hydrogens is 249 g/mol. The third-order valence-corrected chi connectivity index (χ3v) is 4.40. The van der Waals surface area contributed by atoms with Crippen molar-refractivity contribution in [2.75, 3.05) is 0 Å². The molecule has 0 amide bonds. The molecule has 0 spiro atoms. The average Bonchev–Trinajstić information content (AvgIpc) is 2.76. The highest BCUT2D eigenvalue weighted by Gasteiger charge is 2.22. The topological polar surface area (TPSA) is 33.1 Å². The Morgan fingerprint density at radius 1 is 1.39 bits per heavy atom. The van der Waals surface area contributed by atoms with Gasteiger partial charge in [0, 0.05) is 11.3 Å². The number of aliphatic hydroxyl groups is 1. The zero-order valence-corrected chi connectivity index (χ0v) is 10.7. The van der Waals surface area contributed by atoms with Crippen LogP contribution in [0.5, 0.6) is 0 Å². The first kappa shape index (κ1) is 11.8. The van der Waals surface area contributed by atoms with Gasteiger partial charge in [-0.2, -0.15) is 0 Å². The summed E-state index contributed by atoms with van der Waals surface area (Å²) in [5, 5.41) is 10.8. The van der Waals surface area contributed by atoms with Crippen LogP contribution in [0.25, 0.3) is 0 Å². The summed E-state index contributed by atoms with van der Waals surface area (Å²) in [5.74, 6) is -0.189. The van der Waals surface area contributed by atoms with Gasteiger partial charge in [0.25, 0.3) is 0 Å². The fourth-order valence-electron chi connectivity index (χ4n) is 2.33. The fraction of sp³-hybridized carbons (Fsp3) is 0.357. The number of fused-ring (bicyclic) bond motifs is 1. The van der Waals surface area contributed by atoms with E-state index in [1.165, 1.54) is 10.9 Å². The summed E-state index contributed by atoms with van der Waals surface area (Å²) in [6, 6.07) is 6.78. The Hall–Kier alpha value is -1.26. The van der Waals surface area contributed by atoms with Gasteiger partial charge in [0.05, 0.1) is 16.8 Å². The first-order valence-electron chi connectivity index (χ1n) is 6.14. The Balaban J connectivity index is 1.88. The number of halogens is 1. The van der Waals surface area contributed by atoms with E-state index in [9.17, 15) is 9.50 Å². The van der Waals surface area contributed by atoms with Crippen molar-refractivity contribution >= 4 is 11.3 Å². The van der Waals surface area contributed by atoms with Crippen molar-refractivity contribution in [3.05, 3.63) is 51.2 Å². The molecule has 18 heavy (non-hydrogen) atoms. The third-order valence-electron chi connectivity index (χ3n) is 3.27. The molecule has 3 rings (SSSR count). The second kappa shape index (κ2) is 4.78. The summed E-state index contributed by atoms with van der Waals surface area (Å²) in [4.78, 5) is 5.64. The van der Waals surface area contributed by atoms with Crippen molar-refractivity contribution in [2.45, 2.75) is 31.8 Å². The fourth-order valence-corrected chi connectivity index (χ4v) is 3.52. The van der Waals surface area contributed by atoms with Crippen LogP contribution in [0.4, 0.5) is 4.39 Å². The highest BCUT2D eigenvalue weighted by atomic mass is 32.1. The number of aliphatic hydroxyl groups excluding tert-OH is 1. The smallest absolute Gasteiger partial charge is 0.126 e. The molecule has 1 aromatic heterocycles. The summed E-state index contributed by atoms with van der Waals surface area (Å²) in [7, 11) is 0. The molecule has 1 heterocycles. The van der Waals surface area contributed by atoms with Gasteiger partial charge < -0.3 is 5.11 Å². The third kappa shape index (κ3) is 2.18. The molecule has 1 aliphatic carbocycles. The van der Waals surface area contributed by atoms with Crippen LogP contribution in [0.3, 0.4) is 0 Å². The van der Waals surface area contributed by atoms with E-state index in [4.69, 9.17) is 0 Å². The molecule has 0 radical (unpaired) electrons. The van der Waals surface area contributed by atoms with Gasteiger partial charge in [-0.15, -0.1) is 11.3 Å². The summed E-state index contributed by atoms with van der Waals surface area (Å²) in [5.41, 5.74) is 1.48. The molecule has 0 saturated carbocycles. The van der Waals surface area contributed by atoms with Crippen LogP contribution in [0.1, 0.15) is 40.1 Å². The van der Waals surface area contributed by atoms with Crippen molar-refractivity contribution in [1.29, 1.82) is 0 Å². The van der Waals surface area contributed by atoms with Gasteiger partial charge in [-0.3, -0.25) is 0 Å². The molecule has 1 aromatic carbocycles. The van der Waals surface area contributed by atoms with E-state index >= 15 is 0 Å². The summed E-state index contributed by atoms with van der Waals surface area (Å²) in [6.45, 7) is 0. The SMILES string of the molecule is OC1CCCc2sc(Cc3ccccc3F)nc21. The maximum atomic E-state index is 13.6. The molecule has 94 valence electrons. The first-order valence-corrected chi connectivity index (χ1v) is 6.95. The van der Waals surface area contributed by atoms with E-state index in [0.717, 1.165) is 30.0 Å². The van der Waals surface area contributed by atoms with Crippen molar-refractivity contribution in [3.63, 3.8) is 0 Å². The number of aromatic nitrogens is 1. The van der Waals surface area contributed by atoms with Crippen LogP contribution >= 0.6 is 11.3 Å². The van der Waals surface area contributed by atoms with Crippen LogP contribution in [-0.2, 0) is 12.8 Å². The maximum Gasteiger partial charge on any atom is 0.126 e. The van der Waals surface area contributed by atoms with Gasteiger partial charge in [0.2, 0.25) is 0 Å². The van der Waals surface area contributed by atoms with E-state index < -0.39 is 6.10 Å². The Labute approximate surface area is 109 Å². The predicted octanol–water partition coefficient (Wildman–Crippen LogP) is 3.24. The summed E-state index contributed by atoms with van der Waals surface area (Å²) < 4.78 is 13.6. The molecule has 1 unspecified atom stereocenters. The Kier molecular flexibility index (Phi) is 3.14. The standard InChI is InChI=1S/C14H14FNOS/c15-10-5-2-1-4-9(10)8-13-16-14-11(17)6-3-7-12(14)18-13/h1-2,4-5,11,17H,3,6-8H2. The number of hydrogen-bond donors (Lipinski definition) is 1. The lowest BCUT2D eigenvalue weighted by Crippen LogP contribution is -2.07. The number of hydrogen-bond acceptors (Lipinski definition) is 3. The van der Waals surface area contributed by atoms with Crippen LogP contribution in [0.2, 0.25) is 0 Å². The van der Waals surface area contributed by atoms with E-state index in [-0.39, 0.29) is 5.82 Å². The van der Waals surface area contributed by atoms with Gasteiger partial charge in [0.1, 0.15) is 5.82 Å². The maximum absolute atomic E-state index is 13.6. The van der Waals surface area contributed by atoms with Crippen LogP contribution < -0.4 is 0 Å². The van der Waals surface area contributed by atoms with Gasteiger partial charge in [0.15, 0.2) is 0 Å². The van der Waals surface area contributed by atoms with E-state index in [1.54, 1.807) is 23.5 Å². The first-order chi connectivity index (χ1) is 8.74. The highest BCUT2D eigenvalue weighted by molar-refractivity contribution is 7.11. The molecule has 4 heteroatoms. The van der Waals surface area contributed by atoms with Crippen molar-refractivity contribution in [1.82, 2.24) is 4.98 Å². The number of thiazole rings is 1. The monoisotopic (exact) mass is 263 g/mol. The highest BCUT2D eigenvalue weighted by Crippen LogP contribution is 2.33. The van der Waals surface area contributed by atoms with E-state index in [1.807, 2.05) is 6.07 Å². The van der Waals surface area contributed by atoms with Crippen molar-refractivity contribution in [2.24, 2.45) is 0 Å². The van der Waals surface area contributed by atoms with Gasteiger partial charge in [-0.05, 0) is 30.9 Å². The van der Waals surface area contributed by atoms with Gasteiger partial charge >= 0.3 is 0 Å². The number of benzene rings is 1. The lowest BCUT2D eigenvalue weighted by molar-refractivity contribution is 0.153. The summed E-state index contributed by atoms with van der Waals surface area (Å²) >= 11 is 1.60. The molecule has 1 N–H and O–H groups in total. The Morgan fingerprint density at radius 2 is 2.22 bits per heavy atom. The molecule has 0 saturated heterocycles. The largest absolute Gasteiger partial charge is 0.387 e. The molecule has 2 nitrogen and oxygen atoms in total. The molecule has 1 aliphatic rings. The van der Waals surface area contributed by atoms with E-state index in [0.29, 0.717) is 12.0 Å². The zero-order valence-electron chi connectivity index (χ0n) is 9.90. The zero-order chi connectivity index (χ0) is 12.5. The second-order valence-electron chi connectivity index (χ2n) is 4.59. The molecule has 2 aromatic rings. The van der Waals surface area contributed by atoms with Crippen molar-refractivity contribution < 1.29 is 9.50 Å². The lowest BCUT2D eigenvalue weighted by atomic mass is 10.0. The predicted molar refractivity (Wildman–Crippen MR) is 69.2 cm³/mol. The molecule has 0 bridgehead atoms. The minimum atomic E-state index is -0.431. The Bertz CT molecular complexity index is 567. The quantitative estimate of drug-likeness (QED) is 0.902. The minimum absolute atomic E-state index is 0.189. The average molecular weight is 263 g/mol. The minimum Gasteiger partial charge on any atom is -0.387 e. The van der Waals surface area contributed by atoms with Crippen LogP contribution in [-0.4, -0.2) is 10.1 Å². The lowest BCUT2D eigenvalue weighted by Gasteiger charge is -2.14.